The van der Waals surface area contributed by atoms with Crippen LogP contribution in [0.5, 0.6) is 0 Å². The molecule has 0 bridgehead atoms. The Hall–Kier alpha value is -0.570. The van der Waals surface area contributed by atoms with Crippen molar-refractivity contribution in [1.29, 1.82) is 0 Å². The fraction of sp³-hybridized carbons (Fsp3) is 0.909. The van der Waals surface area contributed by atoms with E-state index in [-0.39, 0.29) is 5.97 Å². The van der Waals surface area contributed by atoms with Gasteiger partial charge in [-0.05, 0) is 18.9 Å². The van der Waals surface area contributed by atoms with Crippen LogP contribution in [-0.4, -0.2) is 26.2 Å². The maximum atomic E-state index is 10.7. The van der Waals surface area contributed by atoms with Crippen LogP contribution in [0.1, 0.15) is 39.5 Å². The number of unbranched alkanes of at least 4 members (excludes halogenated alkanes) is 1. The highest BCUT2D eigenvalue weighted by Crippen LogP contribution is 2.04. The second kappa shape index (κ2) is 9.00. The van der Waals surface area contributed by atoms with E-state index in [9.17, 15) is 4.79 Å². The van der Waals surface area contributed by atoms with Crippen LogP contribution in [0, 0.1) is 5.92 Å². The van der Waals surface area contributed by atoms with Crippen LogP contribution in [-0.2, 0) is 9.53 Å². The molecule has 0 saturated carbocycles. The van der Waals surface area contributed by atoms with E-state index in [0.29, 0.717) is 6.42 Å². The van der Waals surface area contributed by atoms with Crippen molar-refractivity contribution in [3.05, 3.63) is 0 Å². The summed E-state index contributed by atoms with van der Waals surface area (Å²) >= 11 is 0. The summed E-state index contributed by atoms with van der Waals surface area (Å²) in [6.07, 6.45) is 4.22. The Labute approximate surface area is 87.2 Å². The average Bonchev–Trinajstić information content (AvgIpc) is 2.15. The van der Waals surface area contributed by atoms with Gasteiger partial charge in [0.2, 0.25) is 0 Å². The number of nitrogens with one attached hydrogen (secondary N) is 1. The van der Waals surface area contributed by atoms with Gasteiger partial charge in [-0.2, -0.15) is 0 Å². The van der Waals surface area contributed by atoms with Crippen molar-refractivity contribution in [3.8, 4) is 0 Å². The molecule has 3 heteroatoms. The standard InChI is InChI=1S/C11H23NO2/c1-10(2)6-4-5-8-12-9-7-11(13)14-3/h10,12H,4-9H2,1-3H3. The molecule has 0 radical (unpaired) electrons. The van der Waals surface area contributed by atoms with Crippen molar-refractivity contribution in [3.63, 3.8) is 0 Å². The van der Waals surface area contributed by atoms with Gasteiger partial charge in [-0.25, -0.2) is 0 Å². The van der Waals surface area contributed by atoms with Gasteiger partial charge in [0.25, 0.3) is 0 Å². The molecule has 0 aromatic rings. The van der Waals surface area contributed by atoms with Crippen molar-refractivity contribution in [2.45, 2.75) is 39.5 Å². The lowest BCUT2D eigenvalue weighted by molar-refractivity contribution is -0.140. The average molecular weight is 201 g/mol. The Morgan fingerprint density at radius 1 is 1.29 bits per heavy atom. The SMILES string of the molecule is COC(=O)CCNCCCCC(C)C. The fourth-order valence-corrected chi connectivity index (χ4v) is 1.22. The highest BCUT2D eigenvalue weighted by Gasteiger charge is 1.98. The second-order valence-electron chi connectivity index (χ2n) is 3.97. The first-order chi connectivity index (χ1) is 6.66. The molecule has 14 heavy (non-hydrogen) atoms. The van der Waals surface area contributed by atoms with Gasteiger partial charge in [-0.15, -0.1) is 0 Å². The number of hydrogen-bond donors (Lipinski definition) is 1. The number of esters is 1. The van der Waals surface area contributed by atoms with Crippen LogP contribution in [0.4, 0.5) is 0 Å². The summed E-state index contributed by atoms with van der Waals surface area (Å²) in [5.41, 5.74) is 0. The van der Waals surface area contributed by atoms with E-state index in [4.69, 9.17) is 0 Å². The molecule has 0 aliphatic rings. The normalized spacial score (nSPS) is 10.6. The molecule has 1 N–H and O–H groups in total. The first-order valence-corrected chi connectivity index (χ1v) is 5.44. The molecule has 0 amide bonds. The molecule has 0 rings (SSSR count). The quantitative estimate of drug-likeness (QED) is 0.482. The molecule has 0 spiro atoms. The number of methoxy groups -OCH3 is 1. The zero-order valence-electron chi connectivity index (χ0n) is 9.64. The van der Waals surface area contributed by atoms with Crippen molar-refractivity contribution in [1.82, 2.24) is 5.32 Å². The van der Waals surface area contributed by atoms with Crippen LogP contribution < -0.4 is 5.32 Å². The Morgan fingerprint density at radius 3 is 2.57 bits per heavy atom. The van der Waals surface area contributed by atoms with Gasteiger partial charge in [0.05, 0.1) is 13.5 Å². The van der Waals surface area contributed by atoms with Crippen molar-refractivity contribution >= 4 is 5.97 Å². The van der Waals surface area contributed by atoms with Gasteiger partial charge >= 0.3 is 5.97 Å². The first kappa shape index (κ1) is 13.4. The minimum absolute atomic E-state index is 0.139. The monoisotopic (exact) mass is 201 g/mol. The highest BCUT2D eigenvalue weighted by molar-refractivity contribution is 5.69. The summed E-state index contributed by atoms with van der Waals surface area (Å²) in [5.74, 6) is 0.657. The predicted molar refractivity (Wildman–Crippen MR) is 58.2 cm³/mol. The van der Waals surface area contributed by atoms with Gasteiger partial charge in [0, 0.05) is 6.54 Å². The van der Waals surface area contributed by atoms with Gasteiger partial charge in [-0.1, -0.05) is 26.7 Å². The zero-order chi connectivity index (χ0) is 10.8. The zero-order valence-corrected chi connectivity index (χ0v) is 9.64. The van der Waals surface area contributed by atoms with Gasteiger partial charge in [-0.3, -0.25) is 4.79 Å². The molecule has 0 atom stereocenters. The molecule has 84 valence electrons. The van der Waals surface area contributed by atoms with Crippen molar-refractivity contribution in [2.24, 2.45) is 5.92 Å². The number of carbonyl (C=O) groups is 1. The lowest BCUT2D eigenvalue weighted by atomic mass is 10.1. The predicted octanol–water partition coefficient (Wildman–Crippen LogP) is 1.97. The summed E-state index contributed by atoms with van der Waals surface area (Å²) < 4.78 is 4.53. The Morgan fingerprint density at radius 2 is 2.00 bits per heavy atom. The van der Waals surface area contributed by atoms with E-state index in [0.717, 1.165) is 19.0 Å². The van der Waals surface area contributed by atoms with E-state index >= 15 is 0 Å². The largest absolute Gasteiger partial charge is 0.469 e. The number of rotatable bonds is 8. The molecule has 0 heterocycles. The van der Waals surface area contributed by atoms with Crippen LogP contribution in [0.2, 0.25) is 0 Å². The minimum Gasteiger partial charge on any atom is -0.469 e. The molecule has 3 nitrogen and oxygen atoms in total. The number of ether oxygens (including phenoxy) is 1. The van der Waals surface area contributed by atoms with Crippen LogP contribution in [0.15, 0.2) is 0 Å². The lowest BCUT2D eigenvalue weighted by Gasteiger charge is -2.05. The van der Waals surface area contributed by atoms with E-state index in [1.807, 2.05) is 0 Å². The minimum atomic E-state index is -0.139. The van der Waals surface area contributed by atoms with E-state index in [1.54, 1.807) is 0 Å². The third-order valence-corrected chi connectivity index (χ3v) is 2.12. The molecular weight excluding hydrogens is 178 g/mol. The van der Waals surface area contributed by atoms with Gasteiger partial charge in [0.15, 0.2) is 0 Å². The van der Waals surface area contributed by atoms with E-state index in [2.05, 4.69) is 23.9 Å². The van der Waals surface area contributed by atoms with Crippen LogP contribution >= 0.6 is 0 Å². The van der Waals surface area contributed by atoms with Crippen LogP contribution in [0.25, 0.3) is 0 Å². The summed E-state index contributed by atoms with van der Waals surface area (Å²) in [7, 11) is 1.42. The topological polar surface area (TPSA) is 38.3 Å². The molecule has 0 aromatic heterocycles. The molecule has 0 saturated heterocycles. The summed E-state index contributed by atoms with van der Waals surface area (Å²) in [6, 6.07) is 0. The van der Waals surface area contributed by atoms with Crippen LogP contribution in [0.3, 0.4) is 0 Å². The highest BCUT2D eigenvalue weighted by atomic mass is 16.5. The van der Waals surface area contributed by atoms with Crippen molar-refractivity contribution in [2.75, 3.05) is 20.2 Å². The Balaban J connectivity index is 3.03. The Bertz CT molecular complexity index is 146. The van der Waals surface area contributed by atoms with E-state index in [1.165, 1.54) is 26.4 Å². The summed E-state index contributed by atoms with van der Waals surface area (Å²) in [4.78, 5) is 10.7. The lowest BCUT2D eigenvalue weighted by Crippen LogP contribution is -2.20. The van der Waals surface area contributed by atoms with E-state index < -0.39 is 0 Å². The number of hydrogen-bond acceptors (Lipinski definition) is 3. The van der Waals surface area contributed by atoms with Gasteiger partial charge < -0.3 is 10.1 Å². The molecule has 0 aliphatic carbocycles. The molecule has 0 aliphatic heterocycles. The maximum Gasteiger partial charge on any atom is 0.306 e. The third-order valence-electron chi connectivity index (χ3n) is 2.12. The maximum absolute atomic E-state index is 10.7. The fourth-order valence-electron chi connectivity index (χ4n) is 1.22. The third kappa shape index (κ3) is 9.52. The molecule has 0 aromatic carbocycles. The first-order valence-electron chi connectivity index (χ1n) is 5.44. The molecule has 0 fully saturated rings. The Kier molecular flexibility index (Phi) is 8.64. The summed E-state index contributed by atoms with van der Waals surface area (Å²) in [6.45, 7) is 6.22. The van der Waals surface area contributed by atoms with Gasteiger partial charge in [0.1, 0.15) is 0 Å². The van der Waals surface area contributed by atoms with Crippen molar-refractivity contribution < 1.29 is 9.53 Å². The molecule has 0 unspecified atom stereocenters. The summed E-state index contributed by atoms with van der Waals surface area (Å²) in [5, 5.41) is 3.22. The smallest absolute Gasteiger partial charge is 0.306 e. The number of carbonyl (C=O) groups excluding carboxylic acids is 1. The second-order valence-corrected chi connectivity index (χ2v) is 3.97. The molecular formula is C11H23NO2.